The van der Waals surface area contributed by atoms with Crippen LogP contribution in [-0.4, -0.2) is 30.5 Å². The fourth-order valence-electron chi connectivity index (χ4n) is 2.86. The van der Waals surface area contributed by atoms with Crippen molar-refractivity contribution >= 4 is 29.6 Å². The van der Waals surface area contributed by atoms with Gasteiger partial charge in [0.1, 0.15) is 12.2 Å². The highest BCUT2D eigenvalue weighted by Gasteiger charge is 2.08. The molecule has 0 spiro atoms. The van der Waals surface area contributed by atoms with E-state index in [0.29, 0.717) is 23.5 Å². The number of nitrogens with zero attached hydrogens (tertiary/aromatic N) is 1. The third-order valence-electron chi connectivity index (χ3n) is 4.64. The SMILES string of the molecule is Cc1ccc(NC(=O)COc2ccc(/C=N/NC(=O)CC(=O)NCc3ccccc3)cc2)cc1. The number of aryl methyl sites for hydroxylation is 1. The Morgan fingerprint density at radius 1 is 0.853 bits per heavy atom. The minimum absolute atomic E-state index is 0.121. The second-order valence-corrected chi connectivity index (χ2v) is 7.50. The summed E-state index contributed by atoms with van der Waals surface area (Å²) >= 11 is 0. The first-order valence-electron chi connectivity index (χ1n) is 10.7. The summed E-state index contributed by atoms with van der Waals surface area (Å²) < 4.78 is 5.49. The van der Waals surface area contributed by atoms with E-state index in [1.165, 1.54) is 6.21 Å². The van der Waals surface area contributed by atoms with Gasteiger partial charge in [0.2, 0.25) is 11.8 Å². The highest BCUT2D eigenvalue weighted by atomic mass is 16.5. The first-order valence-corrected chi connectivity index (χ1v) is 10.7. The van der Waals surface area contributed by atoms with Gasteiger partial charge >= 0.3 is 0 Å². The van der Waals surface area contributed by atoms with Gasteiger partial charge in [-0.3, -0.25) is 14.4 Å². The number of anilines is 1. The van der Waals surface area contributed by atoms with Crippen LogP contribution in [0.2, 0.25) is 0 Å². The Morgan fingerprint density at radius 3 is 2.26 bits per heavy atom. The van der Waals surface area contributed by atoms with E-state index < -0.39 is 5.91 Å². The predicted molar refractivity (Wildman–Crippen MR) is 130 cm³/mol. The van der Waals surface area contributed by atoms with Gasteiger partial charge in [-0.1, -0.05) is 48.0 Å². The van der Waals surface area contributed by atoms with Gasteiger partial charge in [-0.25, -0.2) is 5.43 Å². The molecule has 0 radical (unpaired) electrons. The van der Waals surface area contributed by atoms with Crippen molar-refractivity contribution in [2.24, 2.45) is 5.10 Å². The molecule has 0 aromatic heterocycles. The van der Waals surface area contributed by atoms with Gasteiger partial charge in [0.15, 0.2) is 6.61 Å². The first-order chi connectivity index (χ1) is 16.5. The molecule has 0 aliphatic carbocycles. The molecule has 3 aromatic carbocycles. The molecule has 0 aliphatic heterocycles. The first kappa shape index (κ1) is 24.2. The fraction of sp³-hybridized carbons (Fsp3) is 0.154. The van der Waals surface area contributed by atoms with Gasteiger partial charge < -0.3 is 15.4 Å². The number of benzene rings is 3. The molecule has 0 bridgehead atoms. The molecule has 0 atom stereocenters. The highest BCUT2D eigenvalue weighted by Crippen LogP contribution is 2.12. The van der Waals surface area contributed by atoms with Crippen LogP contribution in [0.4, 0.5) is 5.69 Å². The average Bonchev–Trinajstić information content (AvgIpc) is 2.84. The maximum Gasteiger partial charge on any atom is 0.262 e. The summed E-state index contributed by atoms with van der Waals surface area (Å²) in [4.78, 5) is 35.7. The fourth-order valence-corrected chi connectivity index (χ4v) is 2.86. The van der Waals surface area contributed by atoms with Gasteiger partial charge in [-0.2, -0.15) is 5.10 Å². The monoisotopic (exact) mass is 458 g/mol. The Morgan fingerprint density at radius 2 is 1.56 bits per heavy atom. The molecular formula is C26H26N4O4. The topological polar surface area (TPSA) is 109 Å². The van der Waals surface area contributed by atoms with E-state index in [1.807, 2.05) is 61.5 Å². The van der Waals surface area contributed by atoms with E-state index >= 15 is 0 Å². The van der Waals surface area contributed by atoms with Crippen LogP contribution in [0, 0.1) is 6.92 Å². The lowest BCUT2D eigenvalue weighted by Crippen LogP contribution is -2.29. The van der Waals surface area contributed by atoms with Gasteiger partial charge in [-0.05, 0) is 54.4 Å². The largest absolute Gasteiger partial charge is 0.484 e. The number of hydrazone groups is 1. The van der Waals surface area contributed by atoms with Gasteiger partial charge in [0, 0.05) is 12.2 Å². The molecular weight excluding hydrogens is 432 g/mol. The van der Waals surface area contributed by atoms with Crippen LogP contribution in [0.15, 0.2) is 84.0 Å². The third kappa shape index (κ3) is 8.58. The summed E-state index contributed by atoms with van der Waals surface area (Å²) in [6.45, 7) is 2.21. The number of rotatable bonds is 10. The lowest BCUT2D eigenvalue weighted by atomic mass is 10.2. The van der Waals surface area contributed by atoms with E-state index in [4.69, 9.17) is 4.74 Å². The van der Waals surface area contributed by atoms with Crippen LogP contribution in [0.25, 0.3) is 0 Å². The number of ether oxygens (including phenoxy) is 1. The number of hydrogen-bond acceptors (Lipinski definition) is 5. The molecule has 0 saturated heterocycles. The van der Waals surface area contributed by atoms with E-state index in [0.717, 1.165) is 11.1 Å². The second kappa shape index (κ2) is 12.5. The summed E-state index contributed by atoms with van der Waals surface area (Å²) in [7, 11) is 0. The Kier molecular flexibility index (Phi) is 8.92. The number of carbonyl (C=O) groups excluding carboxylic acids is 3. The van der Waals surface area contributed by atoms with E-state index in [2.05, 4.69) is 21.2 Å². The number of amides is 3. The molecule has 3 N–H and O–H groups in total. The number of nitrogens with one attached hydrogen (secondary N) is 3. The van der Waals surface area contributed by atoms with Crippen LogP contribution in [0.5, 0.6) is 5.75 Å². The minimum atomic E-state index is -0.513. The van der Waals surface area contributed by atoms with Crippen LogP contribution >= 0.6 is 0 Å². The zero-order valence-electron chi connectivity index (χ0n) is 18.8. The maximum atomic E-state index is 12.0. The summed E-state index contributed by atoms with van der Waals surface area (Å²) in [5.41, 5.74) is 5.82. The van der Waals surface area contributed by atoms with E-state index in [-0.39, 0.29) is 24.8 Å². The Bertz CT molecular complexity index is 1130. The third-order valence-corrected chi connectivity index (χ3v) is 4.64. The smallest absolute Gasteiger partial charge is 0.262 e. The summed E-state index contributed by atoms with van der Waals surface area (Å²) in [6.07, 6.45) is 1.13. The van der Waals surface area contributed by atoms with Crippen LogP contribution in [0.3, 0.4) is 0 Å². The Hall–Kier alpha value is -4.46. The van der Waals surface area contributed by atoms with Crippen molar-refractivity contribution in [3.05, 3.63) is 95.6 Å². The zero-order chi connectivity index (χ0) is 24.2. The molecule has 3 aromatic rings. The molecule has 0 fully saturated rings. The quantitative estimate of drug-likeness (QED) is 0.246. The number of hydrogen-bond donors (Lipinski definition) is 3. The van der Waals surface area contributed by atoms with Crippen LogP contribution in [0.1, 0.15) is 23.1 Å². The van der Waals surface area contributed by atoms with Gasteiger partial charge in [-0.15, -0.1) is 0 Å². The van der Waals surface area contributed by atoms with Crippen molar-refractivity contribution in [1.29, 1.82) is 0 Å². The van der Waals surface area contributed by atoms with Crippen molar-refractivity contribution in [1.82, 2.24) is 10.7 Å². The Labute approximate surface area is 198 Å². The van der Waals surface area contributed by atoms with Crippen molar-refractivity contribution in [2.75, 3.05) is 11.9 Å². The lowest BCUT2D eigenvalue weighted by Gasteiger charge is -2.08. The standard InChI is InChI=1S/C26H26N4O4/c1-19-7-11-22(12-8-19)29-26(33)18-34-23-13-9-21(10-14-23)17-28-30-25(32)15-24(31)27-16-20-5-3-2-4-6-20/h2-14,17H,15-16,18H2,1H3,(H,27,31)(H,29,33)(H,30,32)/b28-17+. The summed E-state index contributed by atoms with van der Waals surface area (Å²) in [5.74, 6) is -0.633. The number of carbonyl (C=O) groups is 3. The van der Waals surface area contributed by atoms with E-state index in [9.17, 15) is 14.4 Å². The molecule has 34 heavy (non-hydrogen) atoms. The highest BCUT2D eigenvalue weighted by molar-refractivity contribution is 5.97. The van der Waals surface area contributed by atoms with Gasteiger partial charge in [0.05, 0.1) is 6.21 Å². The van der Waals surface area contributed by atoms with E-state index in [1.54, 1.807) is 24.3 Å². The van der Waals surface area contributed by atoms with Crippen molar-refractivity contribution in [3.8, 4) is 5.75 Å². The molecule has 3 rings (SSSR count). The predicted octanol–water partition coefficient (Wildman–Crippen LogP) is 3.17. The zero-order valence-corrected chi connectivity index (χ0v) is 18.8. The average molecular weight is 459 g/mol. The molecule has 0 heterocycles. The second-order valence-electron chi connectivity index (χ2n) is 7.50. The molecule has 8 nitrogen and oxygen atoms in total. The summed E-state index contributed by atoms with van der Waals surface area (Å²) in [6, 6.07) is 23.8. The van der Waals surface area contributed by atoms with Crippen molar-refractivity contribution < 1.29 is 19.1 Å². The molecule has 0 saturated carbocycles. The maximum absolute atomic E-state index is 12.0. The lowest BCUT2D eigenvalue weighted by molar-refractivity contribution is -0.129. The molecule has 174 valence electrons. The summed E-state index contributed by atoms with van der Waals surface area (Å²) in [5, 5.41) is 9.31. The molecule has 3 amide bonds. The van der Waals surface area contributed by atoms with Crippen molar-refractivity contribution in [2.45, 2.75) is 19.9 Å². The van der Waals surface area contributed by atoms with Crippen molar-refractivity contribution in [3.63, 3.8) is 0 Å². The van der Waals surface area contributed by atoms with Crippen LogP contribution in [-0.2, 0) is 20.9 Å². The molecule has 0 unspecified atom stereocenters. The molecule has 8 heteroatoms. The Balaban J connectivity index is 1.35. The van der Waals surface area contributed by atoms with Crippen LogP contribution < -0.4 is 20.8 Å². The normalized spacial score (nSPS) is 10.5. The minimum Gasteiger partial charge on any atom is -0.484 e. The van der Waals surface area contributed by atoms with Gasteiger partial charge in [0.25, 0.3) is 5.91 Å². The molecule has 0 aliphatic rings.